The number of nitrogens with zero attached hydrogens (tertiary/aromatic N) is 3. The van der Waals surface area contributed by atoms with Crippen LogP contribution in [0.15, 0.2) is 47.4 Å². The molecule has 0 atom stereocenters. The quantitative estimate of drug-likeness (QED) is 0.785. The van der Waals surface area contributed by atoms with E-state index >= 15 is 0 Å². The Labute approximate surface area is 157 Å². The molecule has 0 unspecified atom stereocenters. The van der Waals surface area contributed by atoms with Gasteiger partial charge in [0.05, 0.1) is 10.5 Å². The summed E-state index contributed by atoms with van der Waals surface area (Å²) in [6, 6.07) is 11.6. The predicted octanol–water partition coefficient (Wildman–Crippen LogP) is 2.39. The highest BCUT2D eigenvalue weighted by Crippen LogP contribution is 2.21. The van der Waals surface area contributed by atoms with E-state index in [0.29, 0.717) is 44.7 Å². The van der Waals surface area contributed by atoms with Gasteiger partial charge in [-0.1, -0.05) is 18.2 Å². The summed E-state index contributed by atoms with van der Waals surface area (Å²) >= 11 is 0. The summed E-state index contributed by atoms with van der Waals surface area (Å²) in [5.74, 6) is -1.17. The molecule has 0 N–H and O–H groups in total. The number of piperazine rings is 1. The Hall–Kier alpha value is -2.34. The Morgan fingerprint density at radius 1 is 1.04 bits per heavy atom. The number of benzene rings is 2. The first-order valence-electron chi connectivity index (χ1n) is 8.57. The van der Waals surface area contributed by atoms with Crippen LogP contribution in [0.2, 0.25) is 0 Å². The Morgan fingerprint density at radius 2 is 1.74 bits per heavy atom. The van der Waals surface area contributed by atoms with Gasteiger partial charge in [-0.2, -0.15) is 9.57 Å². The van der Waals surface area contributed by atoms with E-state index in [1.54, 1.807) is 12.1 Å². The zero-order valence-electron chi connectivity index (χ0n) is 14.6. The van der Waals surface area contributed by atoms with Crippen LogP contribution in [0.25, 0.3) is 0 Å². The SMILES string of the molecule is N#Cc1ccccc1S(=O)(=O)N1CCN(CCc2ccc(F)cc2F)CC1. The van der Waals surface area contributed by atoms with E-state index in [-0.39, 0.29) is 10.5 Å². The molecule has 0 saturated carbocycles. The third kappa shape index (κ3) is 4.33. The topological polar surface area (TPSA) is 64.4 Å². The van der Waals surface area contributed by atoms with E-state index in [0.717, 1.165) is 6.07 Å². The summed E-state index contributed by atoms with van der Waals surface area (Å²) in [6.45, 7) is 2.18. The van der Waals surface area contributed by atoms with Crippen molar-refractivity contribution >= 4 is 10.0 Å². The van der Waals surface area contributed by atoms with Crippen molar-refractivity contribution in [1.82, 2.24) is 9.21 Å². The smallest absolute Gasteiger partial charge is 0.244 e. The van der Waals surface area contributed by atoms with Crippen LogP contribution in [0.3, 0.4) is 0 Å². The van der Waals surface area contributed by atoms with Crippen molar-refractivity contribution in [2.45, 2.75) is 11.3 Å². The Bertz CT molecular complexity index is 965. The van der Waals surface area contributed by atoms with Gasteiger partial charge in [0.2, 0.25) is 10.0 Å². The summed E-state index contributed by atoms with van der Waals surface area (Å²) in [5, 5.41) is 9.14. The van der Waals surface area contributed by atoms with Gasteiger partial charge >= 0.3 is 0 Å². The van der Waals surface area contributed by atoms with Crippen molar-refractivity contribution in [2.75, 3.05) is 32.7 Å². The normalized spacial score (nSPS) is 16.2. The molecule has 0 bridgehead atoms. The molecule has 0 spiro atoms. The maximum atomic E-state index is 13.7. The predicted molar refractivity (Wildman–Crippen MR) is 96.4 cm³/mol. The monoisotopic (exact) mass is 391 g/mol. The van der Waals surface area contributed by atoms with Crippen LogP contribution in [0.5, 0.6) is 0 Å². The molecule has 1 heterocycles. The van der Waals surface area contributed by atoms with E-state index in [9.17, 15) is 17.2 Å². The van der Waals surface area contributed by atoms with E-state index in [4.69, 9.17) is 5.26 Å². The van der Waals surface area contributed by atoms with Gasteiger partial charge in [-0.15, -0.1) is 0 Å². The average Bonchev–Trinajstić information content (AvgIpc) is 2.67. The molecule has 5 nitrogen and oxygen atoms in total. The van der Waals surface area contributed by atoms with Crippen molar-refractivity contribution in [2.24, 2.45) is 0 Å². The van der Waals surface area contributed by atoms with Gasteiger partial charge in [0, 0.05) is 38.8 Å². The van der Waals surface area contributed by atoms with Crippen molar-refractivity contribution in [3.8, 4) is 6.07 Å². The third-order valence-corrected chi connectivity index (χ3v) is 6.63. The van der Waals surface area contributed by atoms with Crippen LogP contribution in [0, 0.1) is 23.0 Å². The molecular weight excluding hydrogens is 372 g/mol. The minimum atomic E-state index is -3.72. The highest BCUT2D eigenvalue weighted by molar-refractivity contribution is 7.89. The summed E-state index contributed by atoms with van der Waals surface area (Å²) in [7, 11) is -3.72. The largest absolute Gasteiger partial charge is 0.300 e. The molecule has 1 aliphatic rings. The summed E-state index contributed by atoms with van der Waals surface area (Å²) in [5.41, 5.74) is 0.570. The Balaban J connectivity index is 1.61. The van der Waals surface area contributed by atoms with Gasteiger partial charge in [0.25, 0.3) is 0 Å². The van der Waals surface area contributed by atoms with Gasteiger partial charge in [0.15, 0.2) is 0 Å². The van der Waals surface area contributed by atoms with Crippen LogP contribution >= 0.6 is 0 Å². The molecule has 1 saturated heterocycles. The molecule has 142 valence electrons. The number of sulfonamides is 1. The summed E-state index contributed by atoms with van der Waals surface area (Å²) in [4.78, 5) is 2.07. The lowest BCUT2D eigenvalue weighted by atomic mass is 10.1. The van der Waals surface area contributed by atoms with Gasteiger partial charge in [0.1, 0.15) is 17.7 Å². The molecular formula is C19H19F2N3O2S. The van der Waals surface area contributed by atoms with Crippen LogP contribution < -0.4 is 0 Å². The van der Waals surface area contributed by atoms with Crippen molar-refractivity contribution in [3.63, 3.8) is 0 Å². The molecule has 27 heavy (non-hydrogen) atoms. The fourth-order valence-electron chi connectivity index (χ4n) is 3.12. The van der Waals surface area contributed by atoms with E-state index in [1.807, 2.05) is 11.0 Å². The lowest BCUT2D eigenvalue weighted by Crippen LogP contribution is -2.49. The highest BCUT2D eigenvalue weighted by Gasteiger charge is 2.30. The second kappa shape index (κ2) is 8.13. The molecule has 0 amide bonds. The maximum Gasteiger partial charge on any atom is 0.244 e. The summed E-state index contributed by atoms with van der Waals surface area (Å²) in [6.07, 6.45) is 0.427. The van der Waals surface area contributed by atoms with Gasteiger partial charge in [-0.3, -0.25) is 0 Å². The zero-order valence-corrected chi connectivity index (χ0v) is 15.4. The lowest BCUT2D eigenvalue weighted by molar-refractivity contribution is 0.189. The second-order valence-electron chi connectivity index (χ2n) is 6.34. The molecule has 8 heteroatoms. The second-order valence-corrected chi connectivity index (χ2v) is 8.25. The van der Waals surface area contributed by atoms with E-state index in [2.05, 4.69) is 0 Å². The molecule has 2 aromatic rings. The standard InChI is InChI=1S/C19H19F2N3O2S/c20-17-6-5-15(18(21)13-17)7-8-23-9-11-24(12-10-23)27(25,26)19-4-2-1-3-16(19)14-22/h1-6,13H,7-12H2. The molecule has 0 radical (unpaired) electrons. The Kier molecular flexibility index (Phi) is 5.85. The molecule has 1 aliphatic heterocycles. The van der Waals surface area contributed by atoms with Crippen LogP contribution in [-0.4, -0.2) is 50.3 Å². The van der Waals surface area contributed by atoms with E-state index < -0.39 is 21.7 Å². The van der Waals surface area contributed by atoms with Gasteiger partial charge in [-0.25, -0.2) is 17.2 Å². The fraction of sp³-hybridized carbons (Fsp3) is 0.316. The van der Waals surface area contributed by atoms with Crippen LogP contribution in [0.4, 0.5) is 8.78 Å². The molecule has 0 aromatic heterocycles. The van der Waals surface area contributed by atoms with Crippen molar-refractivity contribution < 1.29 is 17.2 Å². The van der Waals surface area contributed by atoms with E-state index in [1.165, 1.54) is 28.6 Å². The lowest BCUT2D eigenvalue weighted by Gasteiger charge is -2.34. The molecule has 0 aliphatic carbocycles. The number of hydrogen-bond acceptors (Lipinski definition) is 4. The first-order valence-corrected chi connectivity index (χ1v) is 10.0. The number of halogens is 2. The van der Waals surface area contributed by atoms with Crippen molar-refractivity contribution in [1.29, 1.82) is 5.26 Å². The Morgan fingerprint density at radius 3 is 2.41 bits per heavy atom. The molecule has 3 rings (SSSR count). The van der Waals surface area contributed by atoms with Gasteiger partial charge in [-0.05, 0) is 30.2 Å². The maximum absolute atomic E-state index is 13.7. The minimum Gasteiger partial charge on any atom is -0.300 e. The average molecular weight is 391 g/mol. The number of nitriles is 1. The third-order valence-electron chi connectivity index (χ3n) is 4.67. The summed E-state index contributed by atoms with van der Waals surface area (Å²) < 4.78 is 53.6. The highest BCUT2D eigenvalue weighted by atomic mass is 32.2. The fourth-order valence-corrected chi connectivity index (χ4v) is 4.68. The number of hydrogen-bond donors (Lipinski definition) is 0. The molecule has 2 aromatic carbocycles. The zero-order chi connectivity index (χ0) is 19.4. The number of rotatable bonds is 5. The van der Waals surface area contributed by atoms with Crippen LogP contribution in [0.1, 0.15) is 11.1 Å². The van der Waals surface area contributed by atoms with Crippen LogP contribution in [-0.2, 0) is 16.4 Å². The van der Waals surface area contributed by atoms with Gasteiger partial charge < -0.3 is 4.90 Å². The first-order chi connectivity index (χ1) is 12.9. The minimum absolute atomic E-state index is 0.0225. The first kappa shape index (κ1) is 19.4. The van der Waals surface area contributed by atoms with Crippen molar-refractivity contribution in [3.05, 3.63) is 65.2 Å². The molecule has 1 fully saturated rings.